The number of nitrogens with one attached hydrogen (secondary N) is 1. The molecule has 140 valence electrons. The third kappa shape index (κ3) is 3.30. The Morgan fingerprint density at radius 1 is 0.926 bits per heavy atom. The van der Waals surface area contributed by atoms with E-state index in [1.54, 1.807) is 0 Å². The minimum absolute atomic E-state index is 1.07. The van der Waals surface area contributed by atoms with Gasteiger partial charge in [-0.25, -0.2) is 4.98 Å². The molecule has 2 aliphatic heterocycles. The van der Waals surface area contributed by atoms with E-state index in [-0.39, 0.29) is 0 Å². The van der Waals surface area contributed by atoms with Crippen molar-refractivity contribution in [2.45, 2.75) is 19.8 Å². The molecule has 2 saturated heterocycles. The molecule has 2 aliphatic rings. The third-order valence-corrected chi connectivity index (χ3v) is 6.74. The zero-order valence-electron chi connectivity index (χ0n) is 15.9. The molecule has 0 unspecified atom stereocenters. The quantitative estimate of drug-likeness (QED) is 0.737. The summed E-state index contributed by atoms with van der Waals surface area (Å²) in [5.74, 6) is 0. The summed E-state index contributed by atoms with van der Waals surface area (Å²) in [5.41, 5.74) is 6.13. The summed E-state index contributed by atoms with van der Waals surface area (Å²) in [6.45, 7) is 8.80. The van der Waals surface area contributed by atoms with E-state index in [1.165, 1.54) is 39.4 Å². The van der Waals surface area contributed by atoms with E-state index in [4.69, 9.17) is 4.98 Å². The largest absolute Gasteiger partial charge is 0.370 e. The molecule has 0 spiro atoms. The summed E-state index contributed by atoms with van der Waals surface area (Å²) in [5, 5.41) is 3.42. The molecule has 4 nitrogen and oxygen atoms in total. The van der Waals surface area contributed by atoms with Crippen LogP contribution in [-0.4, -0.2) is 44.3 Å². The van der Waals surface area contributed by atoms with E-state index in [9.17, 15) is 0 Å². The first-order valence-electron chi connectivity index (χ1n) is 10.0. The van der Waals surface area contributed by atoms with Crippen LogP contribution in [0.25, 0.3) is 21.5 Å². The van der Waals surface area contributed by atoms with Crippen LogP contribution in [0.1, 0.15) is 17.7 Å². The van der Waals surface area contributed by atoms with Crippen LogP contribution in [0.15, 0.2) is 36.4 Å². The summed E-state index contributed by atoms with van der Waals surface area (Å²) >= 11 is 1.87. The van der Waals surface area contributed by atoms with Gasteiger partial charge in [0.25, 0.3) is 0 Å². The second kappa shape index (κ2) is 7.13. The van der Waals surface area contributed by atoms with Gasteiger partial charge in [0.2, 0.25) is 0 Å². The Morgan fingerprint density at radius 3 is 2.41 bits per heavy atom. The Labute approximate surface area is 164 Å². The second-order valence-electron chi connectivity index (χ2n) is 7.58. The van der Waals surface area contributed by atoms with Crippen molar-refractivity contribution in [2.75, 3.05) is 49.1 Å². The van der Waals surface area contributed by atoms with Crippen molar-refractivity contribution in [1.82, 2.24) is 10.3 Å². The molecule has 0 radical (unpaired) electrons. The van der Waals surface area contributed by atoms with Crippen molar-refractivity contribution in [3.63, 3.8) is 0 Å². The molecule has 1 N–H and O–H groups in total. The van der Waals surface area contributed by atoms with E-state index in [2.05, 4.69) is 58.4 Å². The van der Waals surface area contributed by atoms with Crippen LogP contribution in [0.2, 0.25) is 0 Å². The van der Waals surface area contributed by atoms with Gasteiger partial charge in [-0.1, -0.05) is 12.1 Å². The maximum absolute atomic E-state index is 5.00. The zero-order chi connectivity index (χ0) is 18.2. The van der Waals surface area contributed by atoms with Gasteiger partial charge in [-0.15, -0.1) is 11.3 Å². The lowest BCUT2D eigenvalue weighted by Gasteiger charge is -2.29. The van der Waals surface area contributed by atoms with Crippen molar-refractivity contribution in [1.29, 1.82) is 0 Å². The lowest BCUT2D eigenvalue weighted by atomic mass is 10.1. The number of anilines is 2. The van der Waals surface area contributed by atoms with Crippen LogP contribution in [0.3, 0.4) is 0 Å². The first-order chi connectivity index (χ1) is 13.3. The highest BCUT2D eigenvalue weighted by Crippen LogP contribution is 2.37. The van der Waals surface area contributed by atoms with Gasteiger partial charge in [0, 0.05) is 55.4 Å². The van der Waals surface area contributed by atoms with Crippen molar-refractivity contribution >= 4 is 32.9 Å². The number of benzene rings is 1. The highest BCUT2D eigenvalue weighted by Gasteiger charge is 2.19. The average molecular weight is 379 g/mol. The van der Waals surface area contributed by atoms with Crippen LogP contribution < -0.4 is 15.1 Å². The fourth-order valence-electron chi connectivity index (χ4n) is 4.23. The molecule has 5 heteroatoms. The molecule has 0 bridgehead atoms. The molecule has 4 heterocycles. The molecule has 2 aromatic heterocycles. The van der Waals surface area contributed by atoms with Crippen LogP contribution in [0.5, 0.6) is 0 Å². The summed E-state index contributed by atoms with van der Waals surface area (Å²) in [7, 11) is 0. The number of aryl methyl sites for hydroxylation is 1. The first kappa shape index (κ1) is 17.0. The summed E-state index contributed by atoms with van der Waals surface area (Å²) in [4.78, 5) is 11.3. The maximum Gasteiger partial charge on any atom is 0.0841 e. The van der Waals surface area contributed by atoms with Gasteiger partial charge >= 0.3 is 0 Å². The number of nitrogens with zero attached hydrogens (tertiary/aromatic N) is 3. The predicted molar refractivity (Wildman–Crippen MR) is 116 cm³/mol. The Hall–Kier alpha value is -2.11. The fourth-order valence-corrected chi connectivity index (χ4v) is 5.23. The summed E-state index contributed by atoms with van der Waals surface area (Å²) < 4.78 is 1.34. The van der Waals surface area contributed by atoms with Gasteiger partial charge in [0.05, 0.1) is 21.6 Å². The SMILES string of the molecule is Cc1cc2nc(-c3ccc(N4CCNCC4)cc3)cc(N3CCCC3)c2s1. The number of hydrogen-bond acceptors (Lipinski definition) is 5. The zero-order valence-corrected chi connectivity index (χ0v) is 16.7. The Kier molecular flexibility index (Phi) is 4.50. The fraction of sp³-hybridized carbons (Fsp3) is 0.409. The molecule has 0 saturated carbocycles. The number of thiophene rings is 1. The normalized spacial score (nSPS) is 17.8. The van der Waals surface area contributed by atoms with Crippen LogP contribution in [-0.2, 0) is 0 Å². The minimum atomic E-state index is 1.07. The topological polar surface area (TPSA) is 31.4 Å². The number of rotatable bonds is 3. The number of aromatic nitrogens is 1. The lowest BCUT2D eigenvalue weighted by Crippen LogP contribution is -2.43. The molecule has 1 aromatic carbocycles. The molecule has 0 aliphatic carbocycles. The molecular formula is C22H26N4S. The van der Waals surface area contributed by atoms with Gasteiger partial charge in [0.15, 0.2) is 0 Å². The maximum atomic E-state index is 5.00. The van der Waals surface area contributed by atoms with Gasteiger partial charge in [0.1, 0.15) is 0 Å². The highest BCUT2D eigenvalue weighted by atomic mass is 32.1. The van der Waals surface area contributed by atoms with Crippen molar-refractivity contribution in [3.8, 4) is 11.3 Å². The molecule has 3 aromatic rings. The molecule has 27 heavy (non-hydrogen) atoms. The summed E-state index contributed by atoms with van der Waals surface area (Å²) in [6, 6.07) is 13.5. The number of pyridine rings is 1. The van der Waals surface area contributed by atoms with Gasteiger partial charge in [-0.2, -0.15) is 0 Å². The molecule has 0 amide bonds. The van der Waals surface area contributed by atoms with E-state index in [1.807, 2.05) is 11.3 Å². The van der Waals surface area contributed by atoms with Crippen LogP contribution >= 0.6 is 11.3 Å². The van der Waals surface area contributed by atoms with Crippen molar-refractivity contribution in [2.24, 2.45) is 0 Å². The van der Waals surface area contributed by atoms with Gasteiger partial charge < -0.3 is 15.1 Å². The van der Waals surface area contributed by atoms with E-state index in [0.29, 0.717) is 0 Å². The van der Waals surface area contributed by atoms with E-state index in [0.717, 1.165) is 50.5 Å². The molecular weight excluding hydrogens is 352 g/mol. The van der Waals surface area contributed by atoms with Crippen molar-refractivity contribution < 1.29 is 0 Å². The number of hydrogen-bond donors (Lipinski definition) is 1. The van der Waals surface area contributed by atoms with E-state index < -0.39 is 0 Å². The first-order valence-corrected chi connectivity index (χ1v) is 10.8. The second-order valence-corrected chi connectivity index (χ2v) is 8.83. The Morgan fingerprint density at radius 2 is 1.67 bits per heavy atom. The van der Waals surface area contributed by atoms with Gasteiger partial charge in [-0.3, -0.25) is 0 Å². The monoisotopic (exact) mass is 378 g/mol. The average Bonchev–Trinajstić information content (AvgIpc) is 3.37. The van der Waals surface area contributed by atoms with Crippen LogP contribution in [0.4, 0.5) is 11.4 Å². The van der Waals surface area contributed by atoms with Crippen molar-refractivity contribution in [3.05, 3.63) is 41.3 Å². The molecule has 5 rings (SSSR count). The van der Waals surface area contributed by atoms with E-state index >= 15 is 0 Å². The Bertz CT molecular complexity index is 935. The molecule has 0 atom stereocenters. The number of fused-ring (bicyclic) bond motifs is 1. The Balaban J connectivity index is 1.52. The highest BCUT2D eigenvalue weighted by molar-refractivity contribution is 7.19. The number of piperazine rings is 1. The van der Waals surface area contributed by atoms with Gasteiger partial charge in [-0.05, 0) is 44.0 Å². The minimum Gasteiger partial charge on any atom is -0.370 e. The third-order valence-electron chi connectivity index (χ3n) is 5.67. The van der Waals surface area contributed by atoms with Crippen LogP contribution in [0, 0.1) is 6.92 Å². The predicted octanol–water partition coefficient (Wildman–Crippen LogP) is 4.28. The molecule has 2 fully saturated rings. The lowest BCUT2D eigenvalue weighted by molar-refractivity contribution is 0.589. The smallest absolute Gasteiger partial charge is 0.0841 e. The summed E-state index contributed by atoms with van der Waals surface area (Å²) in [6.07, 6.45) is 2.59. The standard InChI is InChI=1S/C22H26N4S/c1-16-14-20-22(27-16)21(26-10-2-3-11-26)15-19(24-20)17-4-6-18(7-5-17)25-12-8-23-9-13-25/h4-7,14-15,23H,2-3,8-13H2,1H3.